The number of carbonyl (C=O) groups is 2. The first kappa shape index (κ1) is 20.1. The van der Waals surface area contributed by atoms with Crippen LogP contribution in [0.4, 0.5) is 0 Å². The van der Waals surface area contributed by atoms with Gasteiger partial charge in [-0.3, -0.25) is 9.59 Å². The smallest absolute Gasteiger partial charge is 0.251 e. The maximum Gasteiger partial charge on any atom is 0.251 e. The van der Waals surface area contributed by atoms with E-state index < -0.39 is 0 Å². The lowest BCUT2D eigenvalue weighted by Gasteiger charge is -2.32. The summed E-state index contributed by atoms with van der Waals surface area (Å²) in [5, 5.41) is 5.89. The number of piperidine rings is 1. The quantitative estimate of drug-likeness (QED) is 0.810. The van der Waals surface area contributed by atoms with Gasteiger partial charge in [0.1, 0.15) is 0 Å². The molecule has 1 aliphatic rings. The third kappa shape index (κ3) is 5.42. The summed E-state index contributed by atoms with van der Waals surface area (Å²) in [7, 11) is 2.13. The highest BCUT2D eigenvalue weighted by molar-refractivity contribution is 5.94. The predicted molar refractivity (Wildman–Crippen MR) is 112 cm³/mol. The van der Waals surface area contributed by atoms with E-state index in [-0.39, 0.29) is 11.8 Å². The SMILES string of the molecule is CC(=O)NCc1cccc(-c2ccc(C(=O)NC[C@@H]3CCCCN3C)cc2)c1. The van der Waals surface area contributed by atoms with E-state index in [0.29, 0.717) is 24.7 Å². The Balaban J connectivity index is 1.60. The summed E-state index contributed by atoms with van der Waals surface area (Å²) < 4.78 is 0. The lowest BCUT2D eigenvalue weighted by Crippen LogP contribution is -2.44. The Hall–Kier alpha value is -2.66. The Bertz CT molecular complexity index is 817. The fourth-order valence-electron chi connectivity index (χ4n) is 3.62. The molecule has 28 heavy (non-hydrogen) atoms. The van der Waals surface area contributed by atoms with Gasteiger partial charge >= 0.3 is 0 Å². The molecule has 1 saturated heterocycles. The Morgan fingerprint density at radius 2 is 1.82 bits per heavy atom. The molecule has 0 spiro atoms. The molecule has 0 saturated carbocycles. The molecule has 3 rings (SSSR count). The molecule has 0 aliphatic carbocycles. The van der Waals surface area contributed by atoms with Crippen LogP contribution in [0.15, 0.2) is 48.5 Å². The second-order valence-corrected chi connectivity index (χ2v) is 7.53. The second-order valence-electron chi connectivity index (χ2n) is 7.53. The minimum Gasteiger partial charge on any atom is -0.352 e. The molecule has 0 radical (unpaired) electrons. The summed E-state index contributed by atoms with van der Waals surface area (Å²) in [5.74, 6) is -0.0647. The standard InChI is InChI=1S/C23H29N3O2/c1-17(27)24-15-18-6-5-7-21(14-18)19-9-11-20(12-10-19)23(28)25-16-22-8-3-4-13-26(22)2/h5-7,9-12,14,22H,3-4,8,13,15-16H2,1-2H3,(H,24,27)(H,25,28)/t22-/m0/s1. The normalized spacial score (nSPS) is 17.1. The van der Waals surface area contributed by atoms with Crippen LogP contribution in [0.1, 0.15) is 42.1 Å². The molecule has 5 nitrogen and oxygen atoms in total. The first-order valence-electron chi connectivity index (χ1n) is 9.95. The van der Waals surface area contributed by atoms with Crippen molar-refractivity contribution in [3.63, 3.8) is 0 Å². The zero-order chi connectivity index (χ0) is 19.9. The van der Waals surface area contributed by atoms with E-state index in [1.807, 2.05) is 42.5 Å². The summed E-state index contributed by atoms with van der Waals surface area (Å²) in [4.78, 5) is 25.9. The molecule has 1 aliphatic heterocycles. The molecule has 1 heterocycles. The molecule has 148 valence electrons. The average Bonchev–Trinajstić information content (AvgIpc) is 2.72. The van der Waals surface area contributed by atoms with E-state index in [2.05, 4.69) is 28.6 Å². The summed E-state index contributed by atoms with van der Waals surface area (Å²) in [6.07, 6.45) is 3.62. The lowest BCUT2D eigenvalue weighted by molar-refractivity contribution is -0.119. The van der Waals surface area contributed by atoms with Crippen molar-refractivity contribution >= 4 is 11.8 Å². The van der Waals surface area contributed by atoms with Crippen molar-refractivity contribution in [3.8, 4) is 11.1 Å². The zero-order valence-electron chi connectivity index (χ0n) is 16.7. The third-order valence-corrected chi connectivity index (χ3v) is 5.37. The first-order valence-corrected chi connectivity index (χ1v) is 9.95. The Morgan fingerprint density at radius 3 is 2.54 bits per heavy atom. The predicted octanol–water partition coefficient (Wildman–Crippen LogP) is 3.20. The van der Waals surface area contributed by atoms with Crippen molar-refractivity contribution in [2.45, 2.75) is 38.8 Å². The minimum atomic E-state index is -0.0415. The molecular weight excluding hydrogens is 350 g/mol. The van der Waals surface area contributed by atoms with E-state index in [1.165, 1.54) is 19.8 Å². The largest absolute Gasteiger partial charge is 0.352 e. The molecule has 2 aromatic rings. The highest BCUT2D eigenvalue weighted by Crippen LogP contribution is 2.21. The number of benzene rings is 2. The number of nitrogens with one attached hydrogen (secondary N) is 2. The number of hydrogen-bond donors (Lipinski definition) is 2. The van der Waals surface area contributed by atoms with Gasteiger partial charge in [-0.15, -0.1) is 0 Å². The average molecular weight is 380 g/mol. The molecule has 2 N–H and O–H groups in total. The molecule has 2 aromatic carbocycles. The van der Waals surface area contributed by atoms with E-state index in [1.54, 1.807) is 0 Å². The van der Waals surface area contributed by atoms with E-state index in [0.717, 1.165) is 29.7 Å². The van der Waals surface area contributed by atoms with Crippen LogP contribution in [0.25, 0.3) is 11.1 Å². The molecule has 1 atom stereocenters. The van der Waals surface area contributed by atoms with Crippen molar-refractivity contribution < 1.29 is 9.59 Å². The Kier molecular flexibility index (Phi) is 6.82. The van der Waals surface area contributed by atoms with Crippen molar-refractivity contribution in [2.75, 3.05) is 20.1 Å². The van der Waals surface area contributed by atoms with Gasteiger partial charge in [-0.2, -0.15) is 0 Å². The zero-order valence-corrected chi connectivity index (χ0v) is 16.7. The van der Waals surface area contributed by atoms with Crippen LogP contribution in [-0.2, 0) is 11.3 Å². The molecular formula is C23H29N3O2. The number of rotatable bonds is 6. The maximum absolute atomic E-state index is 12.5. The van der Waals surface area contributed by atoms with Gasteiger partial charge in [0.05, 0.1) is 0 Å². The van der Waals surface area contributed by atoms with Crippen LogP contribution in [0, 0.1) is 0 Å². The molecule has 0 bridgehead atoms. The summed E-state index contributed by atoms with van der Waals surface area (Å²) >= 11 is 0. The number of carbonyl (C=O) groups excluding carboxylic acids is 2. The molecule has 2 amide bonds. The van der Waals surface area contributed by atoms with Crippen molar-refractivity contribution in [1.29, 1.82) is 0 Å². The highest BCUT2D eigenvalue weighted by Gasteiger charge is 2.19. The number of likely N-dealkylation sites (tertiary alicyclic amines) is 1. The van der Waals surface area contributed by atoms with Crippen molar-refractivity contribution in [3.05, 3.63) is 59.7 Å². The van der Waals surface area contributed by atoms with Gasteiger partial charge < -0.3 is 15.5 Å². The monoisotopic (exact) mass is 379 g/mol. The second kappa shape index (κ2) is 9.51. The molecule has 5 heteroatoms. The van der Waals surface area contributed by atoms with E-state index >= 15 is 0 Å². The van der Waals surface area contributed by atoms with Gasteiger partial charge in [0.2, 0.25) is 5.91 Å². The van der Waals surface area contributed by atoms with Gasteiger partial charge in [-0.25, -0.2) is 0 Å². The van der Waals surface area contributed by atoms with Gasteiger partial charge in [-0.05, 0) is 61.3 Å². The van der Waals surface area contributed by atoms with E-state index in [9.17, 15) is 9.59 Å². The summed E-state index contributed by atoms with van der Waals surface area (Å²) in [6.45, 7) is 3.83. The van der Waals surface area contributed by atoms with Crippen LogP contribution in [0.2, 0.25) is 0 Å². The molecule has 1 fully saturated rings. The number of nitrogens with zero attached hydrogens (tertiary/aromatic N) is 1. The topological polar surface area (TPSA) is 61.4 Å². The minimum absolute atomic E-state index is 0.0232. The van der Waals surface area contributed by atoms with Gasteiger partial charge in [-0.1, -0.05) is 36.8 Å². The Morgan fingerprint density at radius 1 is 1.04 bits per heavy atom. The summed E-state index contributed by atoms with van der Waals surface area (Å²) in [5.41, 5.74) is 3.84. The number of amides is 2. The number of likely N-dealkylation sites (N-methyl/N-ethyl adjacent to an activating group) is 1. The highest BCUT2D eigenvalue weighted by atomic mass is 16.2. The van der Waals surface area contributed by atoms with Crippen LogP contribution >= 0.6 is 0 Å². The number of hydrogen-bond acceptors (Lipinski definition) is 3. The molecule has 0 unspecified atom stereocenters. The van der Waals surface area contributed by atoms with Crippen LogP contribution in [0.3, 0.4) is 0 Å². The fourth-order valence-corrected chi connectivity index (χ4v) is 3.62. The summed E-state index contributed by atoms with van der Waals surface area (Å²) in [6, 6.07) is 16.2. The lowest BCUT2D eigenvalue weighted by atomic mass is 10.0. The Labute approximate surface area is 167 Å². The van der Waals surface area contributed by atoms with Gasteiger partial charge in [0, 0.05) is 31.6 Å². The van der Waals surface area contributed by atoms with Gasteiger partial charge in [0.25, 0.3) is 5.91 Å². The van der Waals surface area contributed by atoms with Gasteiger partial charge in [0.15, 0.2) is 0 Å². The van der Waals surface area contributed by atoms with E-state index in [4.69, 9.17) is 0 Å². The maximum atomic E-state index is 12.5. The van der Waals surface area contributed by atoms with Crippen LogP contribution in [0.5, 0.6) is 0 Å². The first-order chi connectivity index (χ1) is 13.5. The van der Waals surface area contributed by atoms with Crippen molar-refractivity contribution in [1.82, 2.24) is 15.5 Å². The fraction of sp³-hybridized carbons (Fsp3) is 0.391. The van der Waals surface area contributed by atoms with Crippen LogP contribution < -0.4 is 10.6 Å². The van der Waals surface area contributed by atoms with Crippen molar-refractivity contribution in [2.24, 2.45) is 0 Å². The molecule has 0 aromatic heterocycles. The third-order valence-electron chi connectivity index (χ3n) is 5.37. The van der Waals surface area contributed by atoms with Crippen LogP contribution in [-0.4, -0.2) is 42.9 Å².